The van der Waals surface area contributed by atoms with Crippen molar-refractivity contribution in [1.29, 1.82) is 0 Å². The maximum absolute atomic E-state index is 12.5. The number of carboxylic acid groups (broad SMARTS) is 1. The van der Waals surface area contributed by atoms with Gasteiger partial charge in [0.1, 0.15) is 4.88 Å². The Bertz CT molecular complexity index is 543. The third-order valence-corrected chi connectivity index (χ3v) is 4.98. The molecule has 1 atom stereocenters. The van der Waals surface area contributed by atoms with E-state index in [1.165, 1.54) is 0 Å². The van der Waals surface area contributed by atoms with Crippen molar-refractivity contribution in [3.05, 3.63) is 10.6 Å². The number of aromatic nitrogens is 1. The number of aliphatic carboxylic acids is 1. The van der Waals surface area contributed by atoms with E-state index < -0.39 is 11.4 Å². The van der Waals surface area contributed by atoms with E-state index in [1.54, 1.807) is 11.8 Å². The lowest BCUT2D eigenvalue weighted by Crippen LogP contribution is -2.49. The summed E-state index contributed by atoms with van der Waals surface area (Å²) < 4.78 is 0. The molecule has 7 heteroatoms. The van der Waals surface area contributed by atoms with Crippen LogP contribution in [0, 0.1) is 12.3 Å². The highest BCUT2D eigenvalue weighted by Gasteiger charge is 2.42. The first-order valence-electron chi connectivity index (χ1n) is 6.65. The molecule has 1 amide bonds. The van der Waals surface area contributed by atoms with Crippen molar-refractivity contribution in [1.82, 2.24) is 9.88 Å². The zero-order valence-corrected chi connectivity index (χ0v) is 12.5. The zero-order valence-electron chi connectivity index (χ0n) is 11.7. The summed E-state index contributed by atoms with van der Waals surface area (Å²) in [6.07, 6.45) is 1.85. The number of amides is 1. The molecule has 1 aliphatic rings. The predicted octanol–water partition coefficient (Wildman–Crippen LogP) is 1.75. The minimum atomic E-state index is -0.821. The lowest BCUT2D eigenvalue weighted by molar-refractivity contribution is -0.152. The van der Waals surface area contributed by atoms with Crippen LogP contribution in [0.15, 0.2) is 0 Å². The van der Waals surface area contributed by atoms with Crippen molar-refractivity contribution >= 4 is 28.3 Å². The number of thiazole rings is 1. The fourth-order valence-electron chi connectivity index (χ4n) is 2.68. The second kappa shape index (κ2) is 5.40. The molecule has 6 nitrogen and oxygen atoms in total. The molecule has 0 radical (unpaired) electrons. The number of carbonyl (C=O) groups is 2. The monoisotopic (exact) mass is 297 g/mol. The minimum Gasteiger partial charge on any atom is -0.481 e. The first kappa shape index (κ1) is 14.8. The van der Waals surface area contributed by atoms with Gasteiger partial charge in [-0.05, 0) is 26.2 Å². The van der Waals surface area contributed by atoms with Crippen LogP contribution in [0.4, 0.5) is 5.13 Å². The molecular formula is C13H19N3O3S. The average molecular weight is 297 g/mol. The molecule has 1 saturated heterocycles. The summed E-state index contributed by atoms with van der Waals surface area (Å²) >= 11 is 1.16. The van der Waals surface area contributed by atoms with Gasteiger partial charge in [0.2, 0.25) is 0 Å². The number of nitrogens with zero attached hydrogens (tertiary/aromatic N) is 2. The molecule has 0 saturated carbocycles. The van der Waals surface area contributed by atoms with E-state index in [4.69, 9.17) is 5.73 Å². The molecule has 110 valence electrons. The van der Waals surface area contributed by atoms with Crippen LogP contribution in [-0.2, 0) is 4.79 Å². The Labute approximate surface area is 121 Å². The molecule has 1 unspecified atom stereocenters. The van der Waals surface area contributed by atoms with Crippen molar-refractivity contribution < 1.29 is 14.7 Å². The van der Waals surface area contributed by atoms with E-state index in [-0.39, 0.29) is 12.5 Å². The molecule has 0 spiro atoms. The van der Waals surface area contributed by atoms with Crippen LogP contribution in [0.25, 0.3) is 0 Å². The third-order valence-electron chi connectivity index (χ3n) is 4.00. The fraction of sp³-hybridized carbons (Fsp3) is 0.615. The average Bonchev–Trinajstić information content (AvgIpc) is 2.76. The Hall–Kier alpha value is -1.63. The number of nitrogens with two attached hydrogens (primary N) is 1. The normalized spacial score (nSPS) is 22.8. The molecule has 0 aliphatic carbocycles. The largest absolute Gasteiger partial charge is 0.481 e. The first-order valence-corrected chi connectivity index (χ1v) is 7.47. The van der Waals surface area contributed by atoms with Crippen LogP contribution in [0.2, 0.25) is 0 Å². The molecule has 0 bridgehead atoms. The second-order valence-corrected chi connectivity index (χ2v) is 6.27. The molecule has 1 aromatic heterocycles. The molecule has 1 aliphatic heterocycles. The third kappa shape index (κ3) is 2.49. The number of carbonyl (C=O) groups excluding carboxylic acids is 1. The van der Waals surface area contributed by atoms with Gasteiger partial charge in [-0.1, -0.05) is 18.3 Å². The van der Waals surface area contributed by atoms with Crippen molar-refractivity contribution in [2.75, 3.05) is 18.8 Å². The smallest absolute Gasteiger partial charge is 0.311 e. The highest BCUT2D eigenvalue weighted by atomic mass is 32.1. The Morgan fingerprint density at radius 1 is 1.55 bits per heavy atom. The first-order chi connectivity index (χ1) is 9.39. The molecule has 0 aromatic carbocycles. The minimum absolute atomic E-state index is 0.157. The van der Waals surface area contributed by atoms with Gasteiger partial charge in [0.15, 0.2) is 5.13 Å². The topological polar surface area (TPSA) is 96.5 Å². The van der Waals surface area contributed by atoms with Gasteiger partial charge in [-0.3, -0.25) is 9.59 Å². The Balaban J connectivity index is 2.23. The highest BCUT2D eigenvalue weighted by molar-refractivity contribution is 7.17. The maximum atomic E-state index is 12.5. The quantitative estimate of drug-likeness (QED) is 0.886. The van der Waals surface area contributed by atoms with E-state index in [2.05, 4.69) is 4.98 Å². The molecule has 1 fully saturated rings. The maximum Gasteiger partial charge on any atom is 0.311 e. The summed E-state index contributed by atoms with van der Waals surface area (Å²) in [6, 6.07) is 0. The SMILES string of the molecule is CCC1(C(=O)O)CCCN(C(=O)c2sc(N)nc2C)C1. The van der Waals surface area contributed by atoms with Gasteiger partial charge in [-0.2, -0.15) is 0 Å². The van der Waals surface area contributed by atoms with E-state index in [0.717, 1.165) is 11.3 Å². The van der Waals surface area contributed by atoms with E-state index in [9.17, 15) is 14.7 Å². The van der Waals surface area contributed by atoms with Crippen LogP contribution in [0.5, 0.6) is 0 Å². The van der Waals surface area contributed by atoms with Gasteiger partial charge in [-0.25, -0.2) is 4.98 Å². The van der Waals surface area contributed by atoms with Crippen LogP contribution >= 0.6 is 11.3 Å². The van der Waals surface area contributed by atoms with Gasteiger partial charge >= 0.3 is 5.97 Å². The van der Waals surface area contributed by atoms with Crippen molar-refractivity contribution in [2.45, 2.75) is 33.1 Å². The summed E-state index contributed by atoms with van der Waals surface area (Å²) in [6.45, 7) is 4.45. The number of carboxylic acids is 1. The van der Waals surface area contributed by atoms with Crippen molar-refractivity contribution in [2.24, 2.45) is 5.41 Å². The van der Waals surface area contributed by atoms with E-state index >= 15 is 0 Å². The Morgan fingerprint density at radius 3 is 2.75 bits per heavy atom. The zero-order chi connectivity index (χ0) is 14.9. The van der Waals surface area contributed by atoms with Gasteiger partial charge in [-0.15, -0.1) is 0 Å². The van der Waals surface area contributed by atoms with Crippen LogP contribution < -0.4 is 5.73 Å². The van der Waals surface area contributed by atoms with E-state index in [1.807, 2.05) is 6.92 Å². The summed E-state index contributed by atoms with van der Waals surface area (Å²) in [5.41, 5.74) is 5.41. The fourth-order valence-corrected chi connectivity index (χ4v) is 3.48. The second-order valence-electron chi connectivity index (χ2n) is 5.24. The number of hydrogen-bond acceptors (Lipinski definition) is 5. The van der Waals surface area contributed by atoms with Gasteiger partial charge < -0.3 is 15.7 Å². The van der Waals surface area contributed by atoms with Gasteiger partial charge in [0.05, 0.1) is 11.1 Å². The van der Waals surface area contributed by atoms with Crippen LogP contribution in [0.1, 0.15) is 41.6 Å². The number of likely N-dealkylation sites (tertiary alicyclic amines) is 1. The van der Waals surface area contributed by atoms with E-state index in [0.29, 0.717) is 41.5 Å². The lowest BCUT2D eigenvalue weighted by atomic mass is 9.77. The number of anilines is 1. The van der Waals surface area contributed by atoms with Crippen LogP contribution in [0.3, 0.4) is 0 Å². The van der Waals surface area contributed by atoms with Crippen molar-refractivity contribution in [3.63, 3.8) is 0 Å². The molecule has 2 rings (SSSR count). The number of hydrogen-bond donors (Lipinski definition) is 2. The summed E-state index contributed by atoms with van der Waals surface area (Å²) in [4.78, 5) is 30.2. The number of piperidine rings is 1. The van der Waals surface area contributed by atoms with Gasteiger partial charge in [0, 0.05) is 13.1 Å². The number of rotatable bonds is 3. The number of nitrogen functional groups attached to an aromatic ring is 1. The summed E-state index contributed by atoms with van der Waals surface area (Å²) in [5.74, 6) is -0.978. The molecular weight excluding hydrogens is 278 g/mol. The molecule has 20 heavy (non-hydrogen) atoms. The van der Waals surface area contributed by atoms with Gasteiger partial charge in [0.25, 0.3) is 5.91 Å². The highest BCUT2D eigenvalue weighted by Crippen LogP contribution is 2.35. The summed E-state index contributed by atoms with van der Waals surface area (Å²) in [5, 5.41) is 9.81. The number of aryl methyl sites for hydroxylation is 1. The standard InChI is InChI=1S/C13H19N3O3S/c1-3-13(11(18)19)5-4-6-16(7-13)10(17)9-8(2)15-12(14)20-9/h3-7H2,1-2H3,(H2,14,15)(H,18,19). The Kier molecular flexibility index (Phi) is 3.99. The van der Waals surface area contributed by atoms with Crippen LogP contribution in [-0.4, -0.2) is 40.0 Å². The molecule has 1 aromatic rings. The Morgan fingerprint density at radius 2 is 2.25 bits per heavy atom. The lowest BCUT2D eigenvalue weighted by Gasteiger charge is -2.39. The summed E-state index contributed by atoms with van der Waals surface area (Å²) in [7, 11) is 0. The predicted molar refractivity (Wildman–Crippen MR) is 76.8 cm³/mol. The molecule has 2 heterocycles. The molecule has 3 N–H and O–H groups in total. The van der Waals surface area contributed by atoms with Crippen molar-refractivity contribution in [3.8, 4) is 0 Å².